The smallest absolute Gasteiger partial charge is 0.253 e. The van der Waals surface area contributed by atoms with E-state index in [9.17, 15) is 9.59 Å². The quantitative estimate of drug-likeness (QED) is 0.612. The van der Waals surface area contributed by atoms with Crippen LogP contribution in [0.2, 0.25) is 0 Å². The molecule has 1 rings (SSSR count). The van der Waals surface area contributed by atoms with Crippen LogP contribution in [0.5, 0.6) is 0 Å². The molecule has 0 aromatic carbocycles. The highest BCUT2D eigenvalue weighted by Crippen LogP contribution is 2.24. The molecule has 3 nitrogen and oxygen atoms in total. The molecule has 0 unspecified atom stereocenters. The van der Waals surface area contributed by atoms with Crippen LogP contribution in [0.1, 0.15) is 27.7 Å². The molecular weight excluding hydrogens is 166 g/mol. The number of hydrogen-bond donors (Lipinski definition) is 0. The van der Waals surface area contributed by atoms with E-state index in [-0.39, 0.29) is 17.7 Å². The first-order valence-electron chi connectivity index (χ1n) is 4.43. The van der Waals surface area contributed by atoms with Gasteiger partial charge in [-0.2, -0.15) is 0 Å². The largest absolute Gasteiger partial charge is 0.274 e. The third-order valence-corrected chi connectivity index (χ3v) is 2.14. The molecule has 3 heteroatoms. The monoisotopic (exact) mass is 181 g/mol. The first-order chi connectivity index (χ1) is 5.86. The summed E-state index contributed by atoms with van der Waals surface area (Å²) in [5.41, 5.74) is -0.460. The van der Waals surface area contributed by atoms with Gasteiger partial charge in [-0.3, -0.25) is 14.5 Å². The van der Waals surface area contributed by atoms with Gasteiger partial charge in [0.25, 0.3) is 5.91 Å². The zero-order valence-corrected chi connectivity index (χ0v) is 8.50. The van der Waals surface area contributed by atoms with Crippen molar-refractivity contribution in [2.24, 2.45) is 5.92 Å². The Kier molecular flexibility index (Phi) is 2.28. The van der Waals surface area contributed by atoms with Crippen LogP contribution in [-0.4, -0.2) is 22.3 Å². The van der Waals surface area contributed by atoms with Gasteiger partial charge in [0.15, 0.2) is 0 Å². The highest BCUT2D eigenvalue weighted by Gasteiger charge is 2.38. The third-order valence-electron chi connectivity index (χ3n) is 2.14. The first-order valence-corrected chi connectivity index (χ1v) is 4.43. The summed E-state index contributed by atoms with van der Waals surface area (Å²) in [6.07, 6.45) is 3.22. The van der Waals surface area contributed by atoms with Crippen molar-refractivity contribution in [3.8, 4) is 0 Å². The summed E-state index contributed by atoms with van der Waals surface area (Å²) in [5.74, 6) is -0.452. The van der Waals surface area contributed by atoms with Gasteiger partial charge in [0.2, 0.25) is 5.91 Å². The third kappa shape index (κ3) is 1.64. The highest BCUT2D eigenvalue weighted by molar-refractivity contribution is 6.04. The van der Waals surface area contributed by atoms with Crippen LogP contribution < -0.4 is 0 Å². The molecule has 1 aliphatic rings. The van der Waals surface area contributed by atoms with Crippen LogP contribution >= 0.6 is 0 Å². The average molecular weight is 181 g/mol. The Bertz CT molecular complexity index is 277. The Labute approximate surface area is 78.4 Å². The molecule has 0 spiro atoms. The lowest BCUT2D eigenvalue weighted by Gasteiger charge is -2.30. The lowest BCUT2D eigenvalue weighted by molar-refractivity contribution is -0.147. The van der Waals surface area contributed by atoms with Crippen LogP contribution in [0.25, 0.3) is 0 Å². The standard InChI is InChI=1S/C10H15NO2/c1-7(2)9(13)11-8(12)5-6-10(11,3)4/h5-7H,1-4H3. The van der Waals surface area contributed by atoms with Crippen molar-refractivity contribution in [1.82, 2.24) is 4.90 Å². The molecule has 0 N–H and O–H groups in total. The molecule has 1 aliphatic heterocycles. The van der Waals surface area contributed by atoms with E-state index in [2.05, 4.69) is 0 Å². The number of rotatable bonds is 1. The van der Waals surface area contributed by atoms with E-state index in [4.69, 9.17) is 0 Å². The molecule has 0 fully saturated rings. The fraction of sp³-hybridized carbons (Fsp3) is 0.600. The van der Waals surface area contributed by atoms with Crippen molar-refractivity contribution < 1.29 is 9.59 Å². The fourth-order valence-electron chi connectivity index (χ4n) is 1.36. The number of nitrogens with zero attached hydrogens (tertiary/aromatic N) is 1. The summed E-state index contributed by atoms with van der Waals surface area (Å²) in [5, 5.41) is 0. The molecule has 0 radical (unpaired) electrons. The number of carbonyl (C=O) groups excluding carboxylic acids is 2. The van der Waals surface area contributed by atoms with Gasteiger partial charge < -0.3 is 0 Å². The molecule has 0 aliphatic carbocycles. The van der Waals surface area contributed by atoms with Crippen LogP contribution in [-0.2, 0) is 9.59 Å². The molecule has 1 heterocycles. The Morgan fingerprint density at radius 1 is 1.46 bits per heavy atom. The van der Waals surface area contributed by atoms with E-state index in [0.717, 1.165) is 0 Å². The number of carbonyl (C=O) groups is 2. The van der Waals surface area contributed by atoms with Gasteiger partial charge >= 0.3 is 0 Å². The second-order valence-corrected chi connectivity index (χ2v) is 4.15. The number of hydrogen-bond acceptors (Lipinski definition) is 2. The van der Waals surface area contributed by atoms with Crippen LogP contribution in [0.4, 0.5) is 0 Å². The van der Waals surface area contributed by atoms with Crippen molar-refractivity contribution in [3.05, 3.63) is 12.2 Å². The second-order valence-electron chi connectivity index (χ2n) is 4.15. The van der Waals surface area contributed by atoms with E-state index in [1.54, 1.807) is 19.9 Å². The van der Waals surface area contributed by atoms with Crippen LogP contribution in [0.3, 0.4) is 0 Å². The van der Waals surface area contributed by atoms with Crippen LogP contribution in [0.15, 0.2) is 12.2 Å². The lowest BCUT2D eigenvalue weighted by atomic mass is 10.0. The van der Waals surface area contributed by atoms with Crippen molar-refractivity contribution in [3.63, 3.8) is 0 Å². The molecule has 2 amide bonds. The zero-order chi connectivity index (χ0) is 10.2. The summed E-state index contributed by atoms with van der Waals surface area (Å²) in [4.78, 5) is 24.3. The molecule has 0 atom stereocenters. The van der Waals surface area contributed by atoms with E-state index in [0.29, 0.717) is 0 Å². The van der Waals surface area contributed by atoms with Gasteiger partial charge in [0.1, 0.15) is 0 Å². The van der Waals surface area contributed by atoms with E-state index in [1.807, 2.05) is 13.8 Å². The number of imide groups is 1. The summed E-state index contributed by atoms with van der Waals surface area (Å²) in [6.45, 7) is 7.30. The minimum atomic E-state index is -0.460. The Morgan fingerprint density at radius 2 is 2.00 bits per heavy atom. The summed E-state index contributed by atoms with van der Waals surface area (Å²) >= 11 is 0. The Balaban J connectivity index is 2.93. The summed E-state index contributed by atoms with van der Waals surface area (Å²) in [6, 6.07) is 0. The maximum absolute atomic E-state index is 11.6. The van der Waals surface area contributed by atoms with Gasteiger partial charge in [-0.25, -0.2) is 0 Å². The van der Waals surface area contributed by atoms with Crippen molar-refractivity contribution >= 4 is 11.8 Å². The second kappa shape index (κ2) is 2.98. The molecule has 0 saturated heterocycles. The van der Waals surface area contributed by atoms with E-state index < -0.39 is 5.54 Å². The van der Waals surface area contributed by atoms with E-state index >= 15 is 0 Å². The predicted molar refractivity (Wildman–Crippen MR) is 49.9 cm³/mol. The van der Waals surface area contributed by atoms with E-state index in [1.165, 1.54) is 11.0 Å². The molecule has 0 bridgehead atoms. The fourth-order valence-corrected chi connectivity index (χ4v) is 1.36. The lowest BCUT2D eigenvalue weighted by Crippen LogP contribution is -2.47. The van der Waals surface area contributed by atoms with Gasteiger partial charge in [0.05, 0.1) is 5.54 Å². The average Bonchev–Trinajstić information content (AvgIpc) is 2.25. The minimum Gasteiger partial charge on any atom is -0.274 e. The van der Waals surface area contributed by atoms with Gasteiger partial charge in [-0.1, -0.05) is 19.9 Å². The Hall–Kier alpha value is -1.12. The first kappa shape index (κ1) is 9.96. The summed E-state index contributed by atoms with van der Waals surface area (Å²) < 4.78 is 0. The molecular formula is C10H15NO2. The number of amides is 2. The maximum Gasteiger partial charge on any atom is 0.253 e. The molecule has 72 valence electrons. The van der Waals surface area contributed by atoms with Crippen molar-refractivity contribution in [2.75, 3.05) is 0 Å². The molecule has 0 saturated carbocycles. The molecule has 13 heavy (non-hydrogen) atoms. The van der Waals surface area contributed by atoms with Crippen molar-refractivity contribution in [2.45, 2.75) is 33.2 Å². The van der Waals surface area contributed by atoms with Crippen LogP contribution in [0, 0.1) is 5.92 Å². The molecule has 0 aromatic heterocycles. The Morgan fingerprint density at radius 3 is 2.31 bits per heavy atom. The van der Waals surface area contributed by atoms with Gasteiger partial charge in [-0.05, 0) is 13.8 Å². The topological polar surface area (TPSA) is 37.4 Å². The summed E-state index contributed by atoms with van der Waals surface area (Å²) in [7, 11) is 0. The minimum absolute atomic E-state index is 0.111. The van der Waals surface area contributed by atoms with Gasteiger partial charge in [-0.15, -0.1) is 0 Å². The SMILES string of the molecule is CC(C)C(=O)N1C(=O)C=CC1(C)C. The predicted octanol–water partition coefficient (Wildman–Crippen LogP) is 1.35. The molecule has 0 aromatic rings. The maximum atomic E-state index is 11.6. The normalized spacial score (nSPS) is 20.1. The van der Waals surface area contributed by atoms with Crippen molar-refractivity contribution in [1.29, 1.82) is 0 Å². The van der Waals surface area contributed by atoms with Gasteiger partial charge in [0, 0.05) is 12.0 Å². The zero-order valence-electron chi connectivity index (χ0n) is 8.50. The highest BCUT2D eigenvalue weighted by atomic mass is 16.2.